The Kier molecular flexibility index (Phi) is 8.97. The zero-order valence-corrected chi connectivity index (χ0v) is 14.7. The third-order valence-corrected chi connectivity index (χ3v) is 3.74. The minimum Gasteiger partial charge on any atom is -0.462 e. The number of carbonyl (C=O) groups is 2. The Balaban J connectivity index is 2.72. The molecule has 128 valence electrons. The first-order chi connectivity index (χ1) is 11.1. The molecular weight excluding hydrogens is 316 g/mol. The van der Waals surface area contributed by atoms with Crippen LogP contribution in [0.2, 0.25) is 0 Å². The van der Waals surface area contributed by atoms with E-state index in [2.05, 4.69) is 17.2 Å². The first-order valence-corrected chi connectivity index (χ1v) is 8.75. The number of aromatic nitrogens is 1. The van der Waals surface area contributed by atoms with Crippen molar-refractivity contribution in [3.05, 3.63) is 22.8 Å². The number of unbranched alkanes of at least 4 members (excludes halogenated alkanes) is 2. The molecule has 0 amide bonds. The molecule has 0 fully saturated rings. The molecule has 0 aromatic carbocycles. The fourth-order valence-corrected chi connectivity index (χ4v) is 2.51. The van der Waals surface area contributed by atoms with Crippen LogP contribution in [0.1, 0.15) is 45.7 Å². The molecule has 0 aliphatic heterocycles. The van der Waals surface area contributed by atoms with Gasteiger partial charge in [0.1, 0.15) is 0 Å². The van der Waals surface area contributed by atoms with E-state index in [4.69, 9.17) is 9.47 Å². The van der Waals surface area contributed by atoms with Gasteiger partial charge in [0.2, 0.25) is 0 Å². The summed E-state index contributed by atoms with van der Waals surface area (Å²) in [6.07, 6.45) is 5.67. The molecule has 0 radical (unpaired) electrons. The standard InChI is InChI=1S/C16H24N2O4S/c1-4-7-8-9-12-11-23-16(18-12)17-10-13(14(19)21-5-2)15(20)22-6-3/h10-11H,4-9H2,1-3H3,(H,17,18). The predicted molar refractivity (Wildman–Crippen MR) is 90.3 cm³/mol. The largest absolute Gasteiger partial charge is 0.462 e. The van der Waals surface area contributed by atoms with E-state index in [1.165, 1.54) is 30.4 Å². The Morgan fingerprint density at radius 1 is 1.17 bits per heavy atom. The van der Waals surface area contributed by atoms with Crippen LogP contribution in [-0.2, 0) is 25.5 Å². The quantitative estimate of drug-likeness (QED) is 0.231. The zero-order valence-electron chi connectivity index (χ0n) is 13.9. The van der Waals surface area contributed by atoms with E-state index in [1.807, 2.05) is 5.38 Å². The highest BCUT2D eigenvalue weighted by atomic mass is 32.1. The van der Waals surface area contributed by atoms with Crippen LogP contribution >= 0.6 is 11.3 Å². The van der Waals surface area contributed by atoms with Gasteiger partial charge >= 0.3 is 11.9 Å². The Morgan fingerprint density at radius 3 is 2.39 bits per heavy atom. The Labute approximate surface area is 140 Å². The number of carbonyl (C=O) groups excluding carboxylic acids is 2. The minimum absolute atomic E-state index is 0.170. The predicted octanol–water partition coefficient (Wildman–Crippen LogP) is 3.30. The number of hydrogen-bond donors (Lipinski definition) is 1. The second kappa shape index (κ2) is 10.8. The molecule has 1 aromatic heterocycles. The van der Waals surface area contributed by atoms with Crippen molar-refractivity contribution in [3.63, 3.8) is 0 Å². The highest BCUT2D eigenvalue weighted by Gasteiger charge is 2.21. The molecule has 0 bridgehead atoms. The molecule has 23 heavy (non-hydrogen) atoms. The van der Waals surface area contributed by atoms with E-state index in [0.29, 0.717) is 5.13 Å². The molecule has 1 heterocycles. The lowest BCUT2D eigenvalue weighted by Crippen LogP contribution is -2.19. The molecule has 0 saturated heterocycles. The molecule has 0 aliphatic rings. The second-order valence-corrected chi connectivity index (χ2v) is 5.60. The summed E-state index contributed by atoms with van der Waals surface area (Å²) >= 11 is 1.43. The van der Waals surface area contributed by atoms with Gasteiger partial charge in [-0.1, -0.05) is 19.8 Å². The van der Waals surface area contributed by atoms with Crippen LogP contribution in [0.4, 0.5) is 5.13 Å². The van der Waals surface area contributed by atoms with Gasteiger partial charge in [-0.2, -0.15) is 0 Å². The number of thiazole rings is 1. The molecule has 1 aromatic rings. The normalized spacial score (nSPS) is 10.0. The highest BCUT2D eigenvalue weighted by molar-refractivity contribution is 7.13. The van der Waals surface area contributed by atoms with Gasteiger partial charge in [0.15, 0.2) is 10.7 Å². The molecule has 0 unspecified atom stereocenters. The van der Waals surface area contributed by atoms with Crippen LogP contribution in [0.15, 0.2) is 17.2 Å². The Bertz CT molecular complexity index is 520. The van der Waals surface area contributed by atoms with Crippen LogP contribution in [0.5, 0.6) is 0 Å². The lowest BCUT2D eigenvalue weighted by molar-refractivity contribution is -0.146. The number of nitrogens with zero attached hydrogens (tertiary/aromatic N) is 1. The lowest BCUT2D eigenvalue weighted by Gasteiger charge is -2.06. The maximum Gasteiger partial charge on any atom is 0.347 e. The number of anilines is 1. The fraction of sp³-hybridized carbons (Fsp3) is 0.562. The molecule has 0 atom stereocenters. The fourth-order valence-electron chi connectivity index (χ4n) is 1.80. The SMILES string of the molecule is CCCCCc1csc(NC=C(C(=O)OCC)C(=O)OCC)n1. The number of rotatable bonds is 10. The number of nitrogens with one attached hydrogen (secondary N) is 1. The Morgan fingerprint density at radius 2 is 1.83 bits per heavy atom. The topological polar surface area (TPSA) is 77.5 Å². The third kappa shape index (κ3) is 6.81. The summed E-state index contributed by atoms with van der Waals surface area (Å²) in [4.78, 5) is 28.0. The summed E-state index contributed by atoms with van der Waals surface area (Å²) in [6, 6.07) is 0. The van der Waals surface area contributed by atoms with Crippen molar-refractivity contribution in [1.82, 2.24) is 4.98 Å². The summed E-state index contributed by atoms with van der Waals surface area (Å²) < 4.78 is 9.73. The first kappa shape index (κ1) is 19.2. The summed E-state index contributed by atoms with van der Waals surface area (Å²) in [6.45, 7) is 5.89. The van der Waals surface area contributed by atoms with Crippen molar-refractivity contribution in [3.8, 4) is 0 Å². The monoisotopic (exact) mass is 340 g/mol. The van der Waals surface area contributed by atoms with Gasteiger partial charge in [0.05, 0.1) is 18.9 Å². The number of ether oxygens (including phenoxy) is 2. The summed E-state index contributed by atoms with van der Waals surface area (Å²) in [5.74, 6) is -1.42. The van der Waals surface area contributed by atoms with Crippen LogP contribution < -0.4 is 5.32 Å². The van der Waals surface area contributed by atoms with Crippen LogP contribution in [0, 0.1) is 0 Å². The van der Waals surface area contributed by atoms with Gasteiger partial charge in [0, 0.05) is 11.6 Å². The number of esters is 2. The van der Waals surface area contributed by atoms with Crippen molar-refractivity contribution in [1.29, 1.82) is 0 Å². The van der Waals surface area contributed by atoms with Gasteiger partial charge in [0.25, 0.3) is 0 Å². The van der Waals surface area contributed by atoms with E-state index >= 15 is 0 Å². The summed E-state index contributed by atoms with van der Waals surface area (Å²) in [5.41, 5.74) is 0.838. The van der Waals surface area contributed by atoms with Crippen molar-refractivity contribution < 1.29 is 19.1 Å². The smallest absolute Gasteiger partial charge is 0.347 e. The number of aryl methyl sites for hydroxylation is 1. The van der Waals surface area contributed by atoms with Crippen LogP contribution in [0.3, 0.4) is 0 Å². The van der Waals surface area contributed by atoms with E-state index in [0.717, 1.165) is 18.5 Å². The van der Waals surface area contributed by atoms with Gasteiger partial charge in [-0.3, -0.25) is 0 Å². The average Bonchev–Trinajstić information content (AvgIpc) is 2.96. The first-order valence-electron chi connectivity index (χ1n) is 7.87. The van der Waals surface area contributed by atoms with E-state index in [1.54, 1.807) is 13.8 Å². The summed E-state index contributed by atoms with van der Waals surface area (Å²) in [5, 5.41) is 5.48. The van der Waals surface area contributed by atoms with Crippen LogP contribution in [-0.4, -0.2) is 30.1 Å². The van der Waals surface area contributed by atoms with Gasteiger partial charge < -0.3 is 14.8 Å². The van der Waals surface area contributed by atoms with Crippen molar-refractivity contribution in [2.75, 3.05) is 18.5 Å². The van der Waals surface area contributed by atoms with Crippen molar-refractivity contribution in [2.45, 2.75) is 46.5 Å². The lowest BCUT2D eigenvalue weighted by atomic mass is 10.2. The number of hydrogen-bond acceptors (Lipinski definition) is 7. The maximum atomic E-state index is 11.8. The van der Waals surface area contributed by atoms with Crippen LogP contribution in [0.25, 0.3) is 0 Å². The zero-order chi connectivity index (χ0) is 17.1. The van der Waals surface area contributed by atoms with Gasteiger partial charge in [-0.05, 0) is 26.7 Å². The minimum atomic E-state index is -0.710. The van der Waals surface area contributed by atoms with Crippen molar-refractivity contribution >= 4 is 28.4 Å². The molecule has 1 rings (SSSR count). The molecule has 7 heteroatoms. The second-order valence-electron chi connectivity index (χ2n) is 4.74. The molecule has 0 aliphatic carbocycles. The third-order valence-electron chi connectivity index (χ3n) is 2.92. The van der Waals surface area contributed by atoms with E-state index in [9.17, 15) is 9.59 Å². The molecule has 1 N–H and O–H groups in total. The molecule has 0 spiro atoms. The van der Waals surface area contributed by atoms with E-state index in [-0.39, 0.29) is 18.8 Å². The molecule has 0 saturated carbocycles. The average molecular weight is 340 g/mol. The summed E-state index contributed by atoms with van der Waals surface area (Å²) in [7, 11) is 0. The van der Waals surface area contributed by atoms with Gasteiger partial charge in [-0.25, -0.2) is 14.6 Å². The highest BCUT2D eigenvalue weighted by Crippen LogP contribution is 2.18. The van der Waals surface area contributed by atoms with Gasteiger partial charge in [-0.15, -0.1) is 11.3 Å². The Hall–Kier alpha value is -1.89. The molecule has 6 nitrogen and oxygen atoms in total. The van der Waals surface area contributed by atoms with E-state index < -0.39 is 11.9 Å². The van der Waals surface area contributed by atoms with Crippen molar-refractivity contribution in [2.24, 2.45) is 0 Å². The maximum absolute atomic E-state index is 11.8. The molecular formula is C16H24N2O4S.